The van der Waals surface area contributed by atoms with Crippen LogP contribution >= 0.6 is 23.5 Å². The van der Waals surface area contributed by atoms with E-state index in [0.29, 0.717) is 0 Å². The van der Waals surface area contributed by atoms with E-state index in [1.165, 1.54) is 108 Å². The molecule has 0 fully saturated rings. The zero-order valence-corrected chi connectivity index (χ0v) is 43.9. The number of hydrogen-bond acceptors (Lipinski definition) is 3. The van der Waals surface area contributed by atoms with Crippen LogP contribution in [0.5, 0.6) is 0 Å². The van der Waals surface area contributed by atoms with Crippen molar-refractivity contribution in [2.45, 2.75) is 30.4 Å². The molecule has 4 heteroatoms. The highest BCUT2D eigenvalue weighted by Crippen LogP contribution is 2.67. The fourth-order valence-electron chi connectivity index (χ4n) is 14.4. The molecule has 2 aliphatic heterocycles. The first kappa shape index (κ1) is 44.1. The van der Waals surface area contributed by atoms with Gasteiger partial charge < -0.3 is 9.47 Å². The molecule has 2 nitrogen and oxygen atoms in total. The smallest absolute Gasteiger partial charge is 0.0736 e. The van der Waals surface area contributed by atoms with Gasteiger partial charge in [-0.15, -0.1) is 0 Å². The van der Waals surface area contributed by atoms with E-state index in [0.717, 1.165) is 33.9 Å². The maximum Gasteiger partial charge on any atom is 0.0736 e. The maximum atomic E-state index is 2.62. The summed E-state index contributed by atoms with van der Waals surface area (Å²) in [6, 6.07) is 105. The van der Waals surface area contributed by atoms with Crippen molar-refractivity contribution in [3.63, 3.8) is 0 Å². The highest BCUT2D eigenvalue weighted by molar-refractivity contribution is 7.99. The Morgan fingerprint density at radius 1 is 0.295 bits per heavy atom. The normalized spacial score (nSPS) is 14.3. The topological polar surface area (TPSA) is 8.17 Å². The van der Waals surface area contributed by atoms with Gasteiger partial charge in [0.25, 0.3) is 0 Å². The van der Waals surface area contributed by atoms with Crippen LogP contribution in [0.2, 0.25) is 0 Å². The summed E-state index contributed by atoms with van der Waals surface area (Å²) >= 11 is 3.78. The first-order chi connectivity index (χ1) is 38.7. The molecule has 78 heavy (non-hydrogen) atoms. The summed E-state index contributed by atoms with van der Waals surface area (Å²) in [7, 11) is 0. The summed E-state index contributed by atoms with van der Waals surface area (Å²) in [5.41, 5.74) is 23.8. The van der Waals surface area contributed by atoms with Crippen LogP contribution < -0.4 is 4.90 Å². The number of nitrogens with zero attached hydrogens (tertiary/aromatic N) is 2. The lowest BCUT2D eigenvalue weighted by Crippen LogP contribution is -2.32. The van der Waals surface area contributed by atoms with Gasteiger partial charge in [0, 0.05) is 52.9 Å². The maximum absolute atomic E-state index is 2.62. The van der Waals surface area contributed by atoms with Gasteiger partial charge >= 0.3 is 0 Å². The van der Waals surface area contributed by atoms with Gasteiger partial charge in [-0.3, -0.25) is 0 Å². The quantitative estimate of drug-likeness (QED) is 0.170. The van der Waals surface area contributed by atoms with Gasteiger partial charge in [-0.2, -0.15) is 0 Å². The Hall–Kier alpha value is -9.06. The molecular weight excluding hydrogens is 981 g/mol. The van der Waals surface area contributed by atoms with Crippen LogP contribution in [0.1, 0.15) is 44.5 Å². The zero-order valence-electron chi connectivity index (χ0n) is 42.3. The number of hydrogen-bond donors (Lipinski definition) is 0. The van der Waals surface area contributed by atoms with E-state index in [1.807, 2.05) is 23.5 Å². The lowest BCUT2D eigenvalue weighted by molar-refractivity contribution is 0.722. The molecule has 1 aromatic heterocycles. The highest BCUT2D eigenvalue weighted by Gasteiger charge is 2.53. The molecule has 0 saturated carbocycles. The Balaban J connectivity index is 0.963. The Morgan fingerprint density at radius 2 is 0.718 bits per heavy atom. The molecule has 4 aliphatic rings. The van der Waals surface area contributed by atoms with Gasteiger partial charge in [0.2, 0.25) is 0 Å². The van der Waals surface area contributed by atoms with E-state index in [4.69, 9.17) is 0 Å². The second-order valence-corrected chi connectivity index (χ2v) is 23.2. The van der Waals surface area contributed by atoms with Crippen LogP contribution in [-0.2, 0) is 10.8 Å². The van der Waals surface area contributed by atoms with Crippen molar-refractivity contribution in [3.8, 4) is 39.1 Å². The summed E-state index contributed by atoms with van der Waals surface area (Å²) in [6.45, 7) is 0. The Morgan fingerprint density at radius 3 is 1.27 bits per heavy atom. The van der Waals surface area contributed by atoms with Crippen LogP contribution in [0.3, 0.4) is 0 Å². The molecule has 0 bridgehead atoms. The number of fused-ring (bicyclic) bond motifs is 21. The van der Waals surface area contributed by atoms with Gasteiger partial charge in [0.15, 0.2) is 0 Å². The van der Waals surface area contributed by atoms with Crippen LogP contribution in [0.4, 0.5) is 17.1 Å². The first-order valence-electron chi connectivity index (χ1n) is 26.9. The average molecular weight is 1030 g/mol. The van der Waals surface area contributed by atoms with Crippen molar-refractivity contribution in [2.75, 3.05) is 4.90 Å². The summed E-state index contributed by atoms with van der Waals surface area (Å²) < 4.78 is 2.42. The van der Waals surface area contributed by atoms with Gasteiger partial charge in [-0.25, -0.2) is 0 Å². The molecule has 0 amide bonds. The van der Waals surface area contributed by atoms with E-state index in [2.05, 4.69) is 289 Å². The van der Waals surface area contributed by atoms with E-state index < -0.39 is 10.8 Å². The van der Waals surface area contributed by atoms with Gasteiger partial charge in [-0.05, 0) is 140 Å². The van der Waals surface area contributed by atoms with Crippen molar-refractivity contribution in [1.82, 2.24) is 4.57 Å². The number of aromatic nitrogens is 1. The van der Waals surface area contributed by atoms with Gasteiger partial charge in [0.05, 0.1) is 33.2 Å². The molecule has 2 aliphatic carbocycles. The molecule has 17 rings (SSSR count). The molecule has 364 valence electrons. The monoisotopic (exact) mass is 1030 g/mol. The Bertz CT molecular complexity index is 4370. The summed E-state index contributed by atoms with van der Waals surface area (Å²) in [5.74, 6) is 0. The molecule has 3 heterocycles. The van der Waals surface area contributed by atoms with Crippen molar-refractivity contribution in [2.24, 2.45) is 0 Å². The fourth-order valence-corrected chi connectivity index (χ4v) is 16.8. The minimum Gasteiger partial charge on any atom is -0.309 e. The molecule has 0 N–H and O–H groups in total. The predicted octanol–water partition coefficient (Wildman–Crippen LogP) is 19.6. The third kappa shape index (κ3) is 5.86. The van der Waals surface area contributed by atoms with E-state index >= 15 is 0 Å². The van der Waals surface area contributed by atoms with Crippen LogP contribution in [0, 0.1) is 0 Å². The van der Waals surface area contributed by atoms with Crippen molar-refractivity contribution in [3.05, 3.63) is 324 Å². The predicted molar refractivity (Wildman–Crippen MR) is 324 cm³/mol. The number of para-hydroxylation sites is 2. The van der Waals surface area contributed by atoms with Crippen molar-refractivity contribution in [1.29, 1.82) is 0 Å². The molecule has 2 spiro atoms. The van der Waals surface area contributed by atoms with Crippen LogP contribution in [0.15, 0.2) is 299 Å². The molecule has 0 unspecified atom stereocenters. The molecule has 12 aromatic carbocycles. The Labute approximate surface area is 461 Å². The standard InChI is InChI=1S/C74H46N2S2/c1-2-22-49(23-3-1)75-63-36-13-6-25-51(63)52-44-43-48(46-66(52)75)47-21-18-24-50(45-47)76(64-37-19-34-61-71(64)53-26-4-7-28-55(53)73(61)57-30-9-14-39-67(57)77-68-40-15-10-31-58(68)73)65-38-20-35-62-72(65)54-27-5-8-29-56(54)74(62)59-32-11-16-41-69(59)78-70-42-17-12-33-60(70)74/h1-46H. The van der Waals surface area contributed by atoms with Gasteiger partial charge in [0.1, 0.15) is 0 Å². The van der Waals surface area contributed by atoms with Crippen LogP contribution in [0.25, 0.3) is 60.9 Å². The van der Waals surface area contributed by atoms with E-state index in [9.17, 15) is 0 Å². The average Bonchev–Trinajstić information content (AvgIpc) is 3.88. The van der Waals surface area contributed by atoms with E-state index in [-0.39, 0.29) is 0 Å². The number of benzene rings is 12. The number of rotatable bonds is 5. The highest BCUT2D eigenvalue weighted by atomic mass is 32.2. The largest absolute Gasteiger partial charge is 0.309 e. The molecule has 13 aromatic rings. The van der Waals surface area contributed by atoms with Crippen molar-refractivity contribution < 1.29 is 0 Å². The third-order valence-electron chi connectivity index (χ3n) is 17.3. The molecule has 0 saturated heterocycles. The first-order valence-corrected chi connectivity index (χ1v) is 28.5. The van der Waals surface area contributed by atoms with Gasteiger partial charge in [-0.1, -0.05) is 230 Å². The second kappa shape index (κ2) is 16.7. The van der Waals surface area contributed by atoms with Crippen LogP contribution in [-0.4, -0.2) is 4.57 Å². The second-order valence-electron chi connectivity index (χ2n) is 21.0. The Kier molecular flexibility index (Phi) is 9.45. The lowest BCUT2D eigenvalue weighted by atomic mass is 9.67. The lowest BCUT2D eigenvalue weighted by Gasteiger charge is -2.40. The summed E-state index contributed by atoms with van der Waals surface area (Å²) in [4.78, 5) is 7.81. The zero-order chi connectivity index (χ0) is 51.1. The third-order valence-corrected chi connectivity index (χ3v) is 19.6. The molecule has 0 atom stereocenters. The number of anilines is 3. The van der Waals surface area contributed by atoms with Crippen molar-refractivity contribution >= 4 is 62.4 Å². The SMILES string of the molecule is c1ccc(-n2c3ccccc3c3ccc(-c4cccc(N(c5cccc6c5-c5ccccc5C65c6ccccc6Sc6ccccc65)c5cccc6c5-c5ccccc5C65c6ccccc6Sc6ccccc65)c4)cc32)cc1. The fraction of sp³-hybridized carbons (Fsp3) is 0.0270. The minimum absolute atomic E-state index is 0.539. The summed E-state index contributed by atoms with van der Waals surface area (Å²) in [5, 5.41) is 2.49. The molecular formula is C74H46N2S2. The molecule has 0 radical (unpaired) electrons. The summed E-state index contributed by atoms with van der Waals surface area (Å²) in [6.07, 6.45) is 0. The van der Waals surface area contributed by atoms with E-state index in [1.54, 1.807) is 0 Å². The minimum atomic E-state index is -0.539.